The van der Waals surface area contributed by atoms with Crippen LogP contribution in [0.1, 0.15) is 38.7 Å². The highest BCUT2D eigenvalue weighted by Crippen LogP contribution is 2.24. The molecule has 0 aliphatic rings. The van der Waals surface area contributed by atoms with E-state index >= 15 is 0 Å². The fourth-order valence-electron chi connectivity index (χ4n) is 1.78. The molecule has 2 N–H and O–H groups in total. The third-order valence-electron chi connectivity index (χ3n) is 2.98. The van der Waals surface area contributed by atoms with Crippen LogP contribution < -0.4 is 10.1 Å². The van der Waals surface area contributed by atoms with Gasteiger partial charge in [0.15, 0.2) is 23.5 Å². The monoisotopic (exact) mass is 301 g/mol. The number of rotatable bonds is 8. The summed E-state index contributed by atoms with van der Waals surface area (Å²) in [6.07, 6.45) is 1.88. The van der Waals surface area contributed by atoms with Gasteiger partial charge in [0.25, 0.3) is 5.91 Å². The zero-order chi connectivity index (χ0) is 15.8. The molecule has 1 amide bonds. The van der Waals surface area contributed by atoms with E-state index in [-0.39, 0.29) is 5.56 Å². The molecule has 0 aliphatic heterocycles. The standard InChI is InChI=1S/C15H21F2NO3/c1-3-4-5-6-18-15(20)10(2)21-14-12(16)7-11(9-19)8-13(14)17/h7-8,10,19H,3-6,9H2,1-2H3,(H,18,20). The summed E-state index contributed by atoms with van der Waals surface area (Å²) >= 11 is 0. The van der Waals surface area contributed by atoms with Crippen LogP contribution in [0, 0.1) is 11.6 Å². The smallest absolute Gasteiger partial charge is 0.260 e. The number of hydrogen-bond acceptors (Lipinski definition) is 3. The van der Waals surface area contributed by atoms with Crippen LogP contribution in [0.3, 0.4) is 0 Å². The summed E-state index contributed by atoms with van der Waals surface area (Å²) in [6.45, 7) is 3.51. The number of unbranched alkanes of at least 4 members (excludes halogenated alkanes) is 2. The molecule has 0 saturated heterocycles. The largest absolute Gasteiger partial charge is 0.475 e. The van der Waals surface area contributed by atoms with E-state index in [0.717, 1.165) is 31.4 Å². The Kier molecular flexibility index (Phi) is 7.08. The molecule has 0 bridgehead atoms. The summed E-state index contributed by atoms with van der Waals surface area (Å²) in [7, 11) is 0. The molecular weight excluding hydrogens is 280 g/mol. The lowest BCUT2D eigenvalue weighted by Crippen LogP contribution is -2.37. The first-order valence-corrected chi connectivity index (χ1v) is 7.02. The first kappa shape index (κ1) is 17.4. The second-order valence-corrected chi connectivity index (χ2v) is 4.80. The first-order valence-electron chi connectivity index (χ1n) is 7.02. The number of halogens is 2. The summed E-state index contributed by atoms with van der Waals surface area (Å²) in [6, 6.07) is 1.95. The molecule has 1 aromatic rings. The average Bonchev–Trinajstić information content (AvgIpc) is 2.46. The molecule has 0 heterocycles. The first-order chi connectivity index (χ1) is 9.99. The van der Waals surface area contributed by atoms with Crippen molar-refractivity contribution in [1.29, 1.82) is 0 Å². The zero-order valence-electron chi connectivity index (χ0n) is 12.3. The Bertz CT molecular complexity index is 457. The predicted molar refractivity (Wildman–Crippen MR) is 74.9 cm³/mol. The number of benzene rings is 1. The van der Waals surface area contributed by atoms with Crippen LogP contribution in [0.25, 0.3) is 0 Å². The number of aliphatic hydroxyl groups excluding tert-OH is 1. The van der Waals surface area contributed by atoms with E-state index in [0.29, 0.717) is 6.54 Å². The molecule has 1 rings (SSSR count). The van der Waals surface area contributed by atoms with Gasteiger partial charge in [-0.25, -0.2) is 8.78 Å². The van der Waals surface area contributed by atoms with Crippen molar-refractivity contribution >= 4 is 5.91 Å². The molecule has 118 valence electrons. The number of amides is 1. The Balaban J connectivity index is 2.62. The van der Waals surface area contributed by atoms with Crippen molar-refractivity contribution in [2.75, 3.05) is 6.54 Å². The highest BCUT2D eigenvalue weighted by molar-refractivity contribution is 5.80. The van der Waals surface area contributed by atoms with Crippen LogP contribution in [-0.2, 0) is 11.4 Å². The van der Waals surface area contributed by atoms with Gasteiger partial charge in [0.2, 0.25) is 0 Å². The molecule has 6 heteroatoms. The van der Waals surface area contributed by atoms with E-state index in [1.807, 2.05) is 0 Å². The van der Waals surface area contributed by atoms with Gasteiger partial charge in [0, 0.05) is 6.54 Å². The SMILES string of the molecule is CCCCCNC(=O)C(C)Oc1c(F)cc(CO)cc1F. The molecule has 1 atom stereocenters. The fraction of sp³-hybridized carbons (Fsp3) is 0.533. The van der Waals surface area contributed by atoms with Gasteiger partial charge in [-0.2, -0.15) is 0 Å². The molecule has 4 nitrogen and oxygen atoms in total. The summed E-state index contributed by atoms with van der Waals surface area (Å²) in [5, 5.41) is 11.5. The predicted octanol–water partition coefficient (Wildman–Crippen LogP) is 2.53. The summed E-state index contributed by atoms with van der Waals surface area (Å²) in [5.74, 6) is -2.91. The molecule has 0 saturated carbocycles. The van der Waals surface area contributed by atoms with Crippen LogP contribution in [0.5, 0.6) is 5.75 Å². The van der Waals surface area contributed by atoms with Gasteiger partial charge >= 0.3 is 0 Å². The minimum absolute atomic E-state index is 0.106. The van der Waals surface area contributed by atoms with Gasteiger partial charge in [-0.3, -0.25) is 4.79 Å². The Hall–Kier alpha value is -1.69. The van der Waals surface area contributed by atoms with Crippen molar-refractivity contribution < 1.29 is 23.4 Å². The average molecular weight is 301 g/mol. The van der Waals surface area contributed by atoms with Crippen LogP contribution in [0.4, 0.5) is 8.78 Å². The maximum Gasteiger partial charge on any atom is 0.260 e. The van der Waals surface area contributed by atoms with Gasteiger partial charge in [0.05, 0.1) is 6.61 Å². The third kappa shape index (κ3) is 5.30. The Labute approximate surface area is 123 Å². The van der Waals surface area contributed by atoms with Gasteiger partial charge in [-0.15, -0.1) is 0 Å². The quantitative estimate of drug-likeness (QED) is 0.725. The minimum atomic E-state index is -1.00. The number of nitrogens with one attached hydrogen (secondary N) is 1. The maximum atomic E-state index is 13.7. The third-order valence-corrected chi connectivity index (χ3v) is 2.98. The highest BCUT2D eigenvalue weighted by Gasteiger charge is 2.19. The highest BCUT2D eigenvalue weighted by atomic mass is 19.1. The Morgan fingerprint density at radius 1 is 1.33 bits per heavy atom. The van der Waals surface area contributed by atoms with Crippen molar-refractivity contribution in [2.24, 2.45) is 0 Å². The lowest BCUT2D eigenvalue weighted by atomic mass is 10.2. The van der Waals surface area contributed by atoms with Crippen molar-refractivity contribution in [3.8, 4) is 5.75 Å². The van der Waals surface area contributed by atoms with Crippen molar-refractivity contribution in [3.63, 3.8) is 0 Å². The van der Waals surface area contributed by atoms with Gasteiger partial charge in [-0.05, 0) is 31.0 Å². The lowest BCUT2D eigenvalue weighted by Gasteiger charge is -2.16. The van der Waals surface area contributed by atoms with Gasteiger partial charge in [-0.1, -0.05) is 19.8 Å². The second-order valence-electron chi connectivity index (χ2n) is 4.80. The summed E-state index contributed by atoms with van der Waals surface area (Å²) in [4.78, 5) is 11.7. The van der Waals surface area contributed by atoms with E-state index < -0.39 is 36.0 Å². The number of hydrogen-bond donors (Lipinski definition) is 2. The number of carbonyl (C=O) groups excluding carboxylic acids is 1. The van der Waals surface area contributed by atoms with Crippen molar-refractivity contribution in [1.82, 2.24) is 5.32 Å². The lowest BCUT2D eigenvalue weighted by molar-refractivity contribution is -0.127. The molecule has 21 heavy (non-hydrogen) atoms. The van der Waals surface area contributed by atoms with E-state index in [9.17, 15) is 13.6 Å². The van der Waals surface area contributed by atoms with Crippen LogP contribution in [0.2, 0.25) is 0 Å². The van der Waals surface area contributed by atoms with E-state index in [2.05, 4.69) is 12.2 Å². The summed E-state index contributed by atoms with van der Waals surface area (Å²) in [5.41, 5.74) is 0.106. The fourth-order valence-corrected chi connectivity index (χ4v) is 1.78. The van der Waals surface area contributed by atoms with Gasteiger partial charge < -0.3 is 15.2 Å². The van der Waals surface area contributed by atoms with Crippen LogP contribution in [0.15, 0.2) is 12.1 Å². The Morgan fingerprint density at radius 3 is 2.48 bits per heavy atom. The minimum Gasteiger partial charge on any atom is -0.475 e. The zero-order valence-corrected chi connectivity index (χ0v) is 12.3. The molecule has 0 aliphatic carbocycles. The molecule has 0 aromatic heterocycles. The molecule has 1 aromatic carbocycles. The normalized spacial score (nSPS) is 12.0. The topological polar surface area (TPSA) is 58.6 Å². The van der Waals surface area contributed by atoms with Crippen molar-refractivity contribution in [3.05, 3.63) is 29.3 Å². The molecule has 0 fully saturated rings. The number of aliphatic hydroxyl groups is 1. The molecule has 0 spiro atoms. The maximum absolute atomic E-state index is 13.7. The van der Waals surface area contributed by atoms with Crippen LogP contribution in [-0.4, -0.2) is 23.7 Å². The Morgan fingerprint density at radius 2 is 1.95 bits per heavy atom. The van der Waals surface area contributed by atoms with Crippen molar-refractivity contribution in [2.45, 2.75) is 45.8 Å². The number of ether oxygens (including phenoxy) is 1. The van der Waals surface area contributed by atoms with Crippen LogP contribution >= 0.6 is 0 Å². The van der Waals surface area contributed by atoms with E-state index in [4.69, 9.17) is 9.84 Å². The molecule has 1 unspecified atom stereocenters. The second kappa shape index (κ2) is 8.56. The summed E-state index contributed by atoms with van der Waals surface area (Å²) < 4.78 is 32.4. The van der Waals surface area contributed by atoms with Gasteiger partial charge in [0.1, 0.15) is 0 Å². The number of carbonyl (C=O) groups is 1. The molecule has 0 radical (unpaired) electrons. The molecular formula is C15H21F2NO3. The van der Waals surface area contributed by atoms with E-state index in [1.165, 1.54) is 6.92 Å². The van der Waals surface area contributed by atoms with E-state index in [1.54, 1.807) is 0 Å².